The van der Waals surface area contributed by atoms with Crippen molar-refractivity contribution >= 4 is 0 Å². The van der Waals surface area contributed by atoms with E-state index < -0.39 is 29.7 Å². The first-order chi connectivity index (χ1) is 6.00. The Morgan fingerprint density at radius 3 is 2.38 bits per heavy atom. The third-order valence-electron chi connectivity index (χ3n) is 1.21. The van der Waals surface area contributed by atoms with Gasteiger partial charge in [-0.1, -0.05) is 0 Å². The molecular formula is C7H4F4O2. The fourth-order valence-electron chi connectivity index (χ4n) is 0.728. The lowest BCUT2D eigenvalue weighted by Gasteiger charge is -2.06. The Morgan fingerprint density at radius 2 is 1.85 bits per heavy atom. The molecule has 0 spiro atoms. The summed E-state index contributed by atoms with van der Waals surface area (Å²) >= 11 is 0. The molecule has 0 bridgehead atoms. The first-order valence-electron chi connectivity index (χ1n) is 3.13. The van der Waals surface area contributed by atoms with Crippen LogP contribution in [0.25, 0.3) is 0 Å². The van der Waals surface area contributed by atoms with E-state index in [4.69, 9.17) is 5.11 Å². The van der Waals surface area contributed by atoms with Crippen molar-refractivity contribution in [1.29, 1.82) is 0 Å². The highest BCUT2D eigenvalue weighted by atomic mass is 19.3. The average Bonchev–Trinajstić information content (AvgIpc) is 1.98. The maximum Gasteiger partial charge on any atom is 0.387 e. The average molecular weight is 196 g/mol. The number of alkyl halides is 2. The highest BCUT2D eigenvalue weighted by Crippen LogP contribution is 2.30. The third-order valence-corrected chi connectivity index (χ3v) is 1.21. The van der Waals surface area contributed by atoms with E-state index in [1.165, 1.54) is 0 Å². The zero-order valence-corrected chi connectivity index (χ0v) is 6.10. The molecule has 0 aliphatic heterocycles. The van der Waals surface area contributed by atoms with Gasteiger partial charge < -0.3 is 9.84 Å². The van der Waals surface area contributed by atoms with Crippen LogP contribution in [0.1, 0.15) is 0 Å². The van der Waals surface area contributed by atoms with E-state index in [0.717, 1.165) is 0 Å². The van der Waals surface area contributed by atoms with Gasteiger partial charge in [-0.05, 0) is 0 Å². The standard InChI is InChI=1S/C7H4F4O2/c8-3-1-4(9)6(12)5(2-3)13-7(10)11/h1-2,7,12H. The predicted molar refractivity (Wildman–Crippen MR) is 34.7 cm³/mol. The van der Waals surface area contributed by atoms with E-state index in [2.05, 4.69) is 4.74 Å². The van der Waals surface area contributed by atoms with Gasteiger partial charge in [0.05, 0.1) is 0 Å². The number of ether oxygens (including phenoxy) is 1. The van der Waals surface area contributed by atoms with Crippen LogP contribution in [0.4, 0.5) is 17.6 Å². The lowest BCUT2D eigenvalue weighted by molar-refractivity contribution is -0.0516. The van der Waals surface area contributed by atoms with Crippen LogP contribution in [0, 0.1) is 11.6 Å². The molecule has 0 saturated carbocycles. The zero-order valence-electron chi connectivity index (χ0n) is 6.10. The molecule has 0 atom stereocenters. The number of benzene rings is 1. The minimum absolute atomic E-state index is 0.355. The van der Waals surface area contributed by atoms with Gasteiger partial charge in [0.15, 0.2) is 17.3 Å². The summed E-state index contributed by atoms with van der Waals surface area (Å²) in [7, 11) is 0. The Balaban J connectivity index is 3.05. The summed E-state index contributed by atoms with van der Waals surface area (Å²) in [5, 5.41) is 8.77. The molecule has 1 N–H and O–H groups in total. The van der Waals surface area contributed by atoms with E-state index in [9.17, 15) is 17.6 Å². The van der Waals surface area contributed by atoms with E-state index >= 15 is 0 Å². The summed E-state index contributed by atoms with van der Waals surface area (Å²) in [5.41, 5.74) is 0. The quantitative estimate of drug-likeness (QED) is 0.735. The molecule has 1 aromatic carbocycles. The van der Waals surface area contributed by atoms with Gasteiger partial charge >= 0.3 is 6.61 Å². The van der Waals surface area contributed by atoms with Crippen molar-refractivity contribution in [3.8, 4) is 11.5 Å². The second-order valence-electron chi connectivity index (χ2n) is 2.11. The molecule has 0 saturated heterocycles. The van der Waals surface area contributed by atoms with E-state index in [1.807, 2.05) is 0 Å². The third kappa shape index (κ3) is 2.24. The van der Waals surface area contributed by atoms with Gasteiger partial charge in [0, 0.05) is 12.1 Å². The maximum absolute atomic E-state index is 12.5. The topological polar surface area (TPSA) is 29.5 Å². The van der Waals surface area contributed by atoms with E-state index in [-0.39, 0.29) is 0 Å². The first-order valence-corrected chi connectivity index (χ1v) is 3.13. The molecule has 0 amide bonds. The molecule has 1 aromatic rings. The summed E-state index contributed by atoms with van der Waals surface area (Å²) in [6, 6.07) is 0.818. The van der Waals surface area contributed by atoms with Crippen molar-refractivity contribution in [2.45, 2.75) is 6.61 Å². The maximum atomic E-state index is 12.5. The molecule has 0 aliphatic carbocycles. The molecule has 6 heteroatoms. The molecule has 0 aliphatic rings. The second-order valence-corrected chi connectivity index (χ2v) is 2.11. The van der Waals surface area contributed by atoms with Crippen LogP contribution in [0.3, 0.4) is 0 Å². The van der Waals surface area contributed by atoms with Crippen LogP contribution in [-0.2, 0) is 0 Å². The van der Waals surface area contributed by atoms with Gasteiger partial charge in [0.1, 0.15) is 5.82 Å². The number of phenolic OH excluding ortho intramolecular Hbond substituents is 1. The van der Waals surface area contributed by atoms with Crippen molar-refractivity contribution in [3.63, 3.8) is 0 Å². The molecule has 72 valence electrons. The zero-order chi connectivity index (χ0) is 10.0. The number of hydrogen-bond donors (Lipinski definition) is 1. The fraction of sp³-hybridized carbons (Fsp3) is 0.143. The first kappa shape index (κ1) is 9.63. The van der Waals surface area contributed by atoms with Crippen molar-refractivity contribution in [3.05, 3.63) is 23.8 Å². The van der Waals surface area contributed by atoms with Crippen molar-refractivity contribution in [1.82, 2.24) is 0 Å². The molecule has 13 heavy (non-hydrogen) atoms. The predicted octanol–water partition coefficient (Wildman–Crippen LogP) is 2.27. The monoisotopic (exact) mass is 196 g/mol. The number of phenols is 1. The number of rotatable bonds is 2. The largest absolute Gasteiger partial charge is 0.502 e. The van der Waals surface area contributed by atoms with Crippen LogP contribution in [0.15, 0.2) is 12.1 Å². The summed E-state index contributed by atoms with van der Waals surface area (Å²) in [4.78, 5) is 0. The van der Waals surface area contributed by atoms with Gasteiger partial charge in [0.25, 0.3) is 0 Å². The van der Waals surface area contributed by atoms with Crippen molar-refractivity contribution in [2.24, 2.45) is 0 Å². The number of aromatic hydroxyl groups is 1. The van der Waals surface area contributed by atoms with Crippen LogP contribution in [0.2, 0.25) is 0 Å². The van der Waals surface area contributed by atoms with Gasteiger partial charge in [-0.3, -0.25) is 0 Å². The smallest absolute Gasteiger partial charge is 0.387 e. The van der Waals surface area contributed by atoms with Crippen molar-refractivity contribution < 1.29 is 27.4 Å². The summed E-state index contributed by atoms with van der Waals surface area (Å²) < 4.78 is 51.7. The molecular weight excluding hydrogens is 192 g/mol. The van der Waals surface area contributed by atoms with Gasteiger partial charge in [0.2, 0.25) is 0 Å². The number of hydrogen-bond acceptors (Lipinski definition) is 2. The lowest BCUT2D eigenvalue weighted by Crippen LogP contribution is -2.03. The molecule has 0 heterocycles. The van der Waals surface area contributed by atoms with Crippen LogP contribution >= 0.6 is 0 Å². The molecule has 2 nitrogen and oxygen atoms in total. The SMILES string of the molecule is Oc1c(F)cc(F)cc1OC(F)F. The fourth-order valence-corrected chi connectivity index (χ4v) is 0.728. The van der Waals surface area contributed by atoms with Gasteiger partial charge in [-0.15, -0.1) is 0 Å². The Bertz CT molecular complexity index is 314. The molecule has 0 aromatic heterocycles. The van der Waals surface area contributed by atoms with E-state index in [0.29, 0.717) is 12.1 Å². The summed E-state index contributed by atoms with van der Waals surface area (Å²) in [5.74, 6) is -4.52. The minimum Gasteiger partial charge on any atom is -0.502 e. The second kappa shape index (κ2) is 3.51. The molecule has 1 rings (SSSR count). The minimum atomic E-state index is -3.24. The Morgan fingerprint density at radius 1 is 1.23 bits per heavy atom. The Kier molecular flexibility index (Phi) is 2.60. The van der Waals surface area contributed by atoms with Crippen LogP contribution < -0.4 is 4.74 Å². The molecule has 0 radical (unpaired) electrons. The summed E-state index contributed by atoms with van der Waals surface area (Å²) in [6.45, 7) is -3.24. The highest BCUT2D eigenvalue weighted by Gasteiger charge is 2.14. The highest BCUT2D eigenvalue weighted by molar-refractivity contribution is 5.40. The normalized spacial score (nSPS) is 10.5. The Labute approximate surface area is 70.4 Å². The molecule has 0 fully saturated rings. The van der Waals surface area contributed by atoms with Crippen molar-refractivity contribution in [2.75, 3.05) is 0 Å². The number of halogens is 4. The van der Waals surface area contributed by atoms with E-state index in [1.54, 1.807) is 0 Å². The van der Waals surface area contributed by atoms with Gasteiger partial charge in [-0.25, -0.2) is 8.78 Å². The van der Waals surface area contributed by atoms with Crippen LogP contribution in [0.5, 0.6) is 11.5 Å². The summed E-state index contributed by atoms with van der Waals surface area (Å²) in [6.07, 6.45) is 0. The van der Waals surface area contributed by atoms with Gasteiger partial charge in [-0.2, -0.15) is 8.78 Å². The lowest BCUT2D eigenvalue weighted by atomic mass is 10.3. The Hall–Kier alpha value is -1.46. The molecule has 0 unspecified atom stereocenters. The van der Waals surface area contributed by atoms with Crippen LogP contribution in [-0.4, -0.2) is 11.7 Å².